The summed E-state index contributed by atoms with van der Waals surface area (Å²) in [7, 11) is 0. The van der Waals surface area contributed by atoms with E-state index in [1.165, 1.54) is 10.4 Å². The van der Waals surface area contributed by atoms with Crippen LogP contribution in [-0.2, 0) is 17.8 Å². The Balaban J connectivity index is 1.58. The Morgan fingerprint density at radius 2 is 2.05 bits per heavy atom. The summed E-state index contributed by atoms with van der Waals surface area (Å²) >= 11 is 1.82. The predicted molar refractivity (Wildman–Crippen MR) is 86.6 cm³/mol. The molecule has 1 saturated heterocycles. The van der Waals surface area contributed by atoms with E-state index in [2.05, 4.69) is 35.1 Å². The van der Waals surface area contributed by atoms with E-state index in [0.717, 1.165) is 52.2 Å². The van der Waals surface area contributed by atoms with E-state index in [9.17, 15) is 4.79 Å². The van der Waals surface area contributed by atoms with Crippen molar-refractivity contribution in [1.29, 1.82) is 0 Å². The molecule has 2 aliphatic rings. The van der Waals surface area contributed by atoms with Gasteiger partial charge in [0.15, 0.2) is 0 Å². The molecule has 0 spiro atoms. The second kappa shape index (κ2) is 6.46. The second-order valence-electron chi connectivity index (χ2n) is 6.03. The maximum absolute atomic E-state index is 12.8. The summed E-state index contributed by atoms with van der Waals surface area (Å²) in [6.07, 6.45) is 1.02. The minimum absolute atomic E-state index is 0.0178. The smallest absolute Gasteiger partial charge is 0.239 e. The van der Waals surface area contributed by atoms with Gasteiger partial charge in [0.25, 0.3) is 0 Å². The maximum atomic E-state index is 12.8. The molecule has 0 radical (unpaired) electrons. The molecule has 21 heavy (non-hydrogen) atoms. The zero-order valence-corrected chi connectivity index (χ0v) is 13.9. The highest BCUT2D eigenvalue weighted by Crippen LogP contribution is 2.24. The van der Waals surface area contributed by atoms with Gasteiger partial charge in [-0.1, -0.05) is 6.92 Å². The van der Waals surface area contributed by atoms with Crippen LogP contribution >= 0.6 is 11.3 Å². The molecule has 1 unspecified atom stereocenters. The van der Waals surface area contributed by atoms with Crippen LogP contribution in [0.4, 0.5) is 0 Å². The topological polar surface area (TPSA) is 26.8 Å². The third-order valence-corrected chi connectivity index (χ3v) is 5.90. The number of piperazine rings is 1. The molecule has 0 bridgehead atoms. The zero-order valence-electron chi connectivity index (χ0n) is 13.0. The number of carbonyl (C=O) groups is 1. The van der Waals surface area contributed by atoms with Gasteiger partial charge >= 0.3 is 0 Å². The third-order valence-electron chi connectivity index (χ3n) is 4.88. The number of hydrogen-bond donors (Lipinski definition) is 0. The number of fused-ring (bicyclic) bond motifs is 1. The molecule has 0 aromatic carbocycles. The fourth-order valence-electron chi connectivity index (χ4n) is 3.32. The number of thiophene rings is 1. The Kier molecular flexibility index (Phi) is 4.62. The fourth-order valence-corrected chi connectivity index (χ4v) is 4.21. The van der Waals surface area contributed by atoms with Gasteiger partial charge in [-0.05, 0) is 36.9 Å². The molecule has 3 rings (SSSR count). The van der Waals surface area contributed by atoms with Crippen molar-refractivity contribution in [1.82, 2.24) is 14.7 Å². The number of likely N-dealkylation sites (N-methyl/N-ethyl adjacent to an activating group) is 1. The summed E-state index contributed by atoms with van der Waals surface area (Å²) in [4.78, 5) is 21.1. The van der Waals surface area contributed by atoms with Crippen LogP contribution < -0.4 is 0 Å². The number of hydrogen-bond acceptors (Lipinski definition) is 4. The lowest BCUT2D eigenvalue weighted by Crippen LogP contribution is -2.54. The van der Waals surface area contributed by atoms with E-state index in [-0.39, 0.29) is 6.04 Å². The van der Waals surface area contributed by atoms with Crippen LogP contribution in [0.1, 0.15) is 24.3 Å². The average Bonchev–Trinajstić information content (AvgIpc) is 3.01. The third kappa shape index (κ3) is 3.15. The van der Waals surface area contributed by atoms with Crippen LogP contribution in [-0.4, -0.2) is 65.9 Å². The molecule has 1 amide bonds. The van der Waals surface area contributed by atoms with Gasteiger partial charge in [-0.3, -0.25) is 9.69 Å². The molecule has 116 valence electrons. The maximum Gasteiger partial charge on any atom is 0.239 e. The number of amides is 1. The van der Waals surface area contributed by atoms with Crippen molar-refractivity contribution in [2.45, 2.75) is 32.9 Å². The zero-order chi connectivity index (χ0) is 14.8. The summed E-state index contributed by atoms with van der Waals surface area (Å²) in [5, 5.41) is 2.14. The van der Waals surface area contributed by atoms with Crippen molar-refractivity contribution in [2.75, 3.05) is 39.3 Å². The van der Waals surface area contributed by atoms with Gasteiger partial charge < -0.3 is 9.80 Å². The highest BCUT2D eigenvalue weighted by Gasteiger charge is 2.30. The molecule has 0 N–H and O–H groups in total. The minimum Gasteiger partial charge on any atom is -0.337 e. The molecule has 1 aromatic rings. The lowest BCUT2D eigenvalue weighted by molar-refractivity contribution is -0.138. The number of carbonyl (C=O) groups excluding carboxylic acids is 1. The Bertz CT molecular complexity index is 493. The van der Waals surface area contributed by atoms with Gasteiger partial charge in [0, 0.05) is 44.1 Å². The Labute approximate surface area is 131 Å². The minimum atomic E-state index is 0.0178. The van der Waals surface area contributed by atoms with Gasteiger partial charge in [-0.2, -0.15) is 0 Å². The van der Waals surface area contributed by atoms with Gasteiger partial charge in [0.05, 0.1) is 6.04 Å². The van der Waals surface area contributed by atoms with Crippen molar-refractivity contribution in [3.05, 3.63) is 21.9 Å². The van der Waals surface area contributed by atoms with Crippen LogP contribution in [0, 0.1) is 0 Å². The largest absolute Gasteiger partial charge is 0.337 e. The van der Waals surface area contributed by atoms with Crippen LogP contribution in [0.2, 0.25) is 0 Å². The quantitative estimate of drug-likeness (QED) is 0.850. The molecule has 5 heteroatoms. The van der Waals surface area contributed by atoms with E-state index in [1.807, 2.05) is 16.2 Å². The van der Waals surface area contributed by atoms with E-state index in [1.54, 1.807) is 0 Å². The summed E-state index contributed by atoms with van der Waals surface area (Å²) in [5.74, 6) is 0.303. The second-order valence-corrected chi connectivity index (χ2v) is 7.03. The SMILES string of the molecule is CCN1CCN(C(C)C(=O)N2CCc3sccc3C2)CC1. The molecule has 1 atom stereocenters. The molecule has 1 aromatic heterocycles. The Morgan fingerprint density at radius 3 is 2.76 bits per heavy atom. The average molecular weight is 307 g/mol. The number of rotatable bonds is 3. The first kappa shape index (κ1) is 15.0. The number of nitrogens with zero attached hydrogens (tertiary/aromatic N) is 3. The summed E-state index contributed by atoms with van der Waals surface area (Å²) in [6.45, 7) is 11.3. The van der Waals surface area contributed by atoms with E-state index in [0.29, 0.717) is 5.91 Å². The van der Waals surface area contributed by atoms with Gasteiger partial charge in [0.1, 0.15) is 0 Å². The van der Waals surface area contributed by atoms with E-state index >= 15 is 0 Å². The standard InChI is InChI=1S/C16H25N3OS/c1-3-17-7-9-18(10-8-17)13(2)16(20)19-6-4-15-14(12-19)5-11-21-15/h5,11,13H,3-4,6-10,12H2,1-2H3. The Hall–Kier alpha value is -0.910. The first-order valence-electron chi connectivity index (χ1n) is 7.99. The van der Waals surface area contributed by atoms with Crippen molar-refractivity contribution < 1.29 is 4.79 Å². The van der Waals surface area contributed by atoms with E-state index in [4.69, 9.17) is 0 Å². The summed E-state index contributed by atoms with van der Waals surface area (Å²) in [6, 6.07) is 2.19. The molecule has 2 aliphatic heterocycles. The molecule has 3 heterocycles. The van der Waals surface area contributed by atoms with Crippen LogP contribution in [0.3, 0.4) is 0 Å². The lowest BCUT2D eigenvalue weighted by atomic mass is 10.1. The lowest BCUT2D eigenvalue weighted by Gasteiger charge is -2.39. The molecular weight excluding hydrogens is 282 g/mol. The van der Waals surface area contributed by atoms with Gasteiger partial charge in [-0.15, -0.1) is 11.3 Å². The molecule has 0 aliphatic carbocycles. The molecule has 4 nitrogen and oxygen atoms in total. The Morgan fingerprint density at radius 1 is 1.29 bits per heavy atom. The van der Waals surface area contributed by atoms with Crippen molar-refractivity contribution in [3.8, 4) is 0 Å². The fraction of sp³-hybridized carbons (Fsp3) is 0.688. The first-order chi connectivity index (χ1) is 10.2. The van der Waals surface area contributed by atoms with Crippen LogP contribution in [0.15, 0.2) is 11.4 Å². The molecule has 1 fully saturated rings. The van der Waals surface area contributed by atoms with Crippen LogP contribution in [0.5, 0.6) is 0 Å². The molecule has 0 saturated carbocycles. The van der Waals surface area contributed by atoms with Crippen molar-refractivity contribution in [3.63, 3.8) is 0 Å². The normalized spacial score (nSPS) is 22.1. The van der Waals surface area contributed by atoms with Crippen molar-refractivity contribution in [2.24, 2.45) is 0 Å². The van der Waals surface area contributed by atoms with Gasteiger partial charge in [0.2, 0.25) is 5.91 Å². The van der Waals surface area contributed by atoms with Crippen molar-refractivity contribution >= 4 is 17.2 Å². The summed E-state index contributed by atoms with van der Waals surface area (Å²) in [5.41, 5.74) is 1.35. The van der Waals surface area contributed by atoms with Gasteiger partial charge in [-0.25, -0.2) is 0 Å². The molecular formula is C16H25N3OS. The first-order valence-corrected chi connectivity index (χ1v) is 8.87. The predicted octanol–water partition coefficient (Wildman–Crippen LogP) is 1.66. The van der Waals surface area contributed by atoms with E-state index < -0.39 is 0 Å². The highest BCUT2D eigenvalue weighted by atomic mass is 32.1. The monoisotopic (exact) mass is 307 g/mol. The summed E-state index contributed by atoms with van der Waals surface area (Å²) < 4.78 is 0. The highest BCUT2D eigenvalue weighted by molar-refractivity contribution is 7.10. The van der Waals surface area contributed by atoms with Crippen LogP contribution in [0.25, 0.3) is 0 Å².